The van der Waals surface area contributed by atoms with Crippen molar-refractivity contribution in [1.29, 1.82) is 0 Å². The fraction of sp³-hybridized carbons (Fsp3) is 0.318. The number of amides is 2. The summed E-state index contributed by atoms with van der Waals surface area (Å²) >= 11 is 0. The van der Waals surface area contributed by atoms with Gasteiger partial charge >= 0.3 is 6.09 Å². The zero-order valence-corrected chi connectivity index (χ0v) is 16.8. The van der Waals surface area contributed by atoms with Gasteiger partial charge in [0, 0.05) is 0 Å². The van der Waals surface area contributed by atoms with Crippen molar-refractivity contribution in [3.63, 3.8) is 0 Å². The van der Waals surface area contributed by atoms with E-state index < -0.39 is 30.1 Å². The minimum absolute atomic E-state index is 0.0301. The van der Waals surface area contributed by atoms with E-state index in [9.17, 15) is 24.6 Å². The van der Waals surface area contributed by atoms with E-state index in [1.165, 1.54) is 12.1 Å². The number of benzene rings is 2. The van der Waals surface area contributed by atoms with Gasteiger partial charge in [0.15, 0.2) is 0 Å². The number of nitrogens with one attached hydrogen (secondary N) is 2. The molecule has 30 heavy (non-hydrogen) atoms. The number of carbonyl (C=O) groups is 3. The van der Waals surface area contributed by atoms with Crippen LogP contribution < -0.4 is 15.7 Å². The molecule has 0 bridgehead atoms. The van der Waals surface area contributed by atoms with Crippen molar-refractivity contribution < 1.29 is 29.3 Å². The number of carboxylic acids is 1. The molecule has 0 spiro atoms. The van der Waals surface area contributed by atoms with E-state index in [0.29, 0.717) is 5.56 Å². The maximum Gasteiger partial charge on any atom is 0.408 e. The molecule has 0 radical (unpaired) electrons. The third-order valence-electron chi connectivity index (χ3n) is 4.41. The molecule has 0 aromatic heterocycles. The van der Waals surface area contributed by atoms with Crippen molar-refractivity contribution in [3.8, 4) is 5.75 Å². The Labute approximate surface area is 174 Å². The van der Waals surface area contributed by atoms with Crippen LogP contribution in [-0.4, -0.2) is 35.2 Å². The van der Waals surface area contributed by atoms with Gasteiger partial charge in [0.05, 0.1) is 12.0 Å². The average Bonchev–Trinajstić information content (AvgIpc) is 2.71. The molecule has 160 valence electrons. The van der Waals surface area contributed by atoms with Gasteiger partial charge in [0.2, 0.25) is 5.91 Å². The molecule has 8 nitrogen and oxygen atoms in total. The third kappa shape index (κ3) is 7.12. The van der Waals surface area contributed by atoms with E-state index in [-0.39, 0.29) is 24.7 Å². The van der Waals surface area contributed by atoms with Crippen LogP contribution in [0.4, 0.5) is 4.79 Å². The number of aliphatic carboxylic acids is 1. The molecule has 2 aromatic carbocycles. The predicted molar refractivity (Wildman–Crippen MR) is 107 cm³/mol. The molecule has 0 fully saturated rings. The lowest BCUT2D eigenvalue weighted by Crippen LogP contribution is -2.56. The molecular weight excluding hydrogens is 388 g/mol. The number of aromatic hydroxyl groups is 1. The molecule has 2 aromatic rings. The summed E-state index contributed by atoms with van der Waals surface area (Å²) in [5.41, 5.74) is 1.39. The second-order valence-electron chi connectivity index (χ2n) is 7.18. The lowest BCUT2D eigenvalue weighted by atomic mass is 10.0. The number of carbonyl (C=O) groups excluding carboxylic acids is 3. The van der Waals surface area contributed by atoms with Crippen molar-refractivity contribution in [2.24, 2.45) is 5.92 Å². The van der Waals surface area contributed by atoms with Gasteiger partial charge < -0.3 is 30.4 Å². The Kier molecular flexibility index (Phi) is 8.22. The Morgan fingerprint density at radius 3 is 2.17 bits per heavy atom. The first-order valence-electron chi connectivity index (χ1n) is 9.52. The summed E-state index contributed by atoms with van der Waals surface area (Å²) in [5.74, 6) is -2.38. The van der Waals surface area contributed by atoms with Crippen molar-refractivity contribution >= 4 is 18.0 Å². The number of carboxylic acid groups (broad SMARTS) is 1. The van der Waals surface area contributed by atoms with E-state index >= 15 is 0 Å². The minimum atomic E-state index is -1.45. The minimum Gasteiger partial charge on any atom is -0.548 e. The van der Waals surface area contributed by atoms with Gasteiger partial charge in [-0.2, -0.15) is 0 Å². The topological polar surface area (TPSA) is 128 Å². The molecule has 0 aliphatic heterocycles. The number of phenols is 1. The Bertz CT molecular complexity index is 852. The van der Waals surface area contributed by atoms with Gasteiger partial charge in [-0.1, -0.05) is 56.3 Å². The number of hydrogen-bond donors (Lipinski definition) is 3. The van der Waals surface area contributed by atoms with Crippen molar-refractivity contribution in [2.75, 3.05) is 0 Å². The Morgan fingerprint density at radius 2 is 1.60 bits per heavy atom. The summed E-state index contributed by atoms with van der Waals surface area (Å²) in [6.07, 6.45) is -0.811. The highest BCUT2D eigenvalue weighted by molar-refractivity contribution is 5.89. The molecule has 2 atom stereocenters. The molecule has 8 heteroatoms. The molecule has 0 aliphatic rings. The first-order valence-corrected chi connectivity index (χ1v) is 9.52. The highest BCUT2D eigenvalue weighted by atomic mass is 16.5. The van der Waals surface area contributed by atoms with E-state index in [1.54, 1.807) is 38.1 Å². The number of phenolic OH excluding ortho intramolecular Hbond substituents is 1. The first kappa shape index (κ1) is 22.7. The smallest absolute Gasteiger partial charge is 0.408 e. The summed E-state index contributed by atoms with van der Waals surface area (Å²) in [6, 6.07) is 12.7. The van der Waals surface area contributed by atoms with Gasteiger partial charge in [0.25, 0.3) is 0 Å². The summed E-state index contributed by atoms with van der Waals surface area (Å²) in [4.78, 5) is 36.2. The lowest BCUT2D eigenvalue weighted by molar-refractivity contribution is -0.308. The van der Waals surface area contributed by atoms with Crippen LogP contribution in [0.5, 0.6) is 5.75 Å². The number of hydrogen-bond acceptors (Lipinski definition) is 6. The van der Waals surface area contributed by atoms with Crippen LogP contribution in [0, 0.1) is 5.92 Å². The molecule has 0 aliphatic carbocycles. The van der Waals surface area contributed by atoms with Crippen molar-refractivity contribution in [3.05, 3.63) is 65.7 Å². The highest BCUT2D eigenvalue weighted by Gasteiger charge is 2.27. The van der Waals surface area contributed by atoms with Crippen LogP contribution in [0.3, 0.4) is 0 Å². The number of alkyl carbamates (subject to hydrolysis) is 1. The molecule has 0 saturated carbocycles. The molecule has 0 heterocycles. The zero-order chi connectivity index (χ0) is 22.1. The summed E-state index contributed by atoms with van der Waals surface area (Å²) < 4.78 is 5.14. The Morgan fingerprint density at radius 1 is 0.967 bits per heavy atom. The van der Waals surface area contributed by atoms with E-state index in [1.807, 2.05) is 18.2 Å². The van der Waals surface area contributed by atoms with E-state index in [0.717, 1.165) is 5.56 Å². The van der Waals surface area contributed by atoms with Gasteiger partial charge in [0.1, 0.15) is 18.4 Å². The molecule has 0 unspecified atom stereocenters. The SMILES string of the molecule is CC(C)[C@@H](NC(=O)OCc1ccccc1)C(=O)N[C@@H](Cc1ccc(O)cc1)C(=O)[O-]. The number of rotatable bonds is 9. The van der Waals surface area contributed by atoms with Crippen molar-refractivity contribution in [2.45, 2.75) is 39.0 Å². The molecular formula is C22H25N2O6-. The lowest BCUT2D eigenvalue weighted by Gasteiger charge is -2.26. The standard InChI is InChI=1S/C22H26N2O6/c1-14(2)19(24-22(29)30-13-16-6-4-3-5-7-16)20(26)23-18(21(27)28)12-15-8-10-17(25)11-9-15/h3-11,14,18-19,25H,12-13H2,1-2H3,(H,23,26)(H,24,29)(H,27,28)/p-1/t18-,19+/m0/s1. The van der Waals surface area contributed by atoms with Crippen LogP contribution in [0.25, 0.3) is 0 Å². The summed E-state index contributed by atoms with van der Waals surface area (Å²) in [7, 11) is 0. The zero-order valence-electron chi connectivity index (χ0n) is 16.8. The quantitative estimate of drug-likeness (QED) is 0.565. The fourth-order valence-electron chi connectivity index (χ4n) is 2.75. The van der Waals surface area contributed by atoms with Gasteiger partial charge in [-0.05, 0) is 35.6 Å². The maximum atomic E-state index is 12.6. The van der Waals surface area contributed by atoms with Gasteiger partial charge in [-0.3, -0.25) is 4.79 Å². The monoisotopic (exact) mass is 413 g/mol. The maximum absolute atomic E-state index is 12.6. The van der Waals surface area contributed by atoms with Crippen LogP contribution >= 0.6 is 0 Å². The average molecular weight is 413 g/mol. The second kappa shape index (κ2) is 10.8. The second-order valence-corrected chi connectivity index (χ2v) is 7.18. The third-order valence-corrected chi connectivity index (χ3v) is 4.41. The van der Waals surface area contributed by atoms with Crippen LogP contribution in [0.1, 0.15) is 25.0 Å². The van der Waals surface area contributed by atoms with Gasteiger partial charge in [-0.25, -0.2) is 4.79 Å². The number of ether oxygens (including phenoxy) is 1. The predicted octanol–water partition coefficient (Wildman–Crippen LogP) is 1.12. The molecule has 3 N–H and O–H groups in total. The van der Waals surface area contributed by atoms with Crippen molar-refractivity contribution in [1.82, 2.24) is 10.6 Å². The van der Waals surface area contributed by atoms with Gasteiger partial charge in [-0.15, -0.1) is 0 Å². The Balaban J connectivity index is 1.97. The largest absolute Gasteiger partial charge is 0.548 e. The van der Waals surface area contributed by atoms with Crippen LogP contribution in [0.2, 0.25) is 0 Å². The van der Waals surface area contributed by atoms with E-state index in [4.69, 9.17) is 4.74 Å². The summed E-state index contributed by atoms with van der Waals surface area (Å²) in [6.45, 7) is 3.48. The van der Waals surface area contributed by atoms with Crippen LogP contribution in [-0.2, 0) is 27.4 Å². The molecule has 2 amide bonds. The molecule has 0 saturated heterocycles. The van der Waals surface area contributed by atoms with Crippen LogP contribution in [0.15, 0.2) is 54.6 Å². The Hall–Kier alpha value is -3.55. The molecule has 2 rings (SSSR count). The highest BCUT2D eigenvalue weighted by Crippen LogP contribution is 2.12. The fourth-order valence-corrected chi connectivity index (χ4v) is 2.75. The van der Waals surface area contributed by atoms with E-state index in [2.05, 4.69) is 10.6 Å². The summed E-state index contributed by atoms with van der Waals surface area (Å²) in [5, 5.41) is 25.7. The first-order chi connectivity index (χ1) is 14.3. The normalized spacial score (nSPS) is 12.6.